The van der Waals surface area contributed by atoms with E-state index >= 15 is 0 Å². The second-order valence-corrected chi connectivity index (χ2v) is 5.84. The van der Waals surface area contributed by atoms with E-state index in [9.17, 15) is 13.2 Å². The Hall–Kier alpha value is -0.860. The lowest BCUT2D eigenvalue weighted by molar-refractivity contribution is -0.137. The standard InChI is InChI=1S/C9H4BrClF3N3S/c10-7-16-17-8(18-7)15-6-2-1-4(3-5(6)11)9(12,13)14/h1-3H,(H,15,17). The fourth-order valence-electron chi connectivity index (χ4n) is 1.16. The van der Waals surface area contributed by atoms with Crippen molar-refractivity contribution in [1.82, 2.24) is 10.2 Å². The number of anilines is 2. The molecular weight excluding hydrogens is 355 g/mol. The van der Waals surface area contributed by atoms with E-state index < -0.39 is 11.7 Å². The maximum Gasteiger partial charge on any atom is 0.416 e. The van der Waals surface area contributed by atoms with Crippen molar-refractivity contribution < 1.29 is 13.2 Å². The van der Waals surface area contributed by atoms with Gasteiger partial charge >= 0.3 is 6.18 Å². The molecule has 0 saturated heterocycles. The van der Waals surface area contributed by atoms with Gasteiger partial charge in [0, 0.05) is 0 Å². The third-order valence-electron chi connectivity index (χ3n) is 1.94. The van der Waals surface area contributed by atoms with E-state index in [1.807, 2.05) is 0 Å². The molecule has 1 aromatic carbocycles. The summed E-state index contributed by atoms with van der Waals surface area (Å²) in [6.07, 6.45) is -4.41. The summed E-state index contributed by atoms with van der Waals surface area (Å²) in [6, 6.07) is 3.06. The van der Waals surface area contributed by atoms with Crippen molar-refractivity contribution in [1.29, 1.82) is 0 Å². The summed E-state index contributed by atoms with van der Waals surface area (Å²) in [5.74, 6) is 0. The van der Waals surface area contributed by atoms with Crippen LogP contribution >= 0.6 is 38.9 Å². The fraction of sp³-hybridized carbons (Fsp3) is 0.111. The Morgan fingerprint density at radius 2 is 2.00 bits per heavy atom. The molecule has 2 aromatic rings. The first kappa shape index (κ1) is 13.6. The summed E-state index contributed by atoms with van der Waals surface area (Å²) in [5, 5.41) is 10.6. The predicted molar refractivity (Wildman–Crippen MR) is 67.3 cm³/mol. The van der Waals surface area contributed by atoms with Crippen LogP contribution in [0.15, 0.2) is 22.1 Å². The number of nitrogens with zero attached hydrogens (tertiary/aromatic N) is 2. The van der Waals surface area contributed by atoms with E-state index in [0.717, 1.165) is 12.1 Å². The molecular formula is C9H4BrClF3N3S. The van der Waals surface area contributed by atoms with Crippen molar-refractivity contribution in [3.8, 4) is 0 Å². The normalized spacial score (nSPS) is 11.6. The minimum atomic E-state index is -4.41. The smallest absolute Gasteiger partial charge is 0.329 e. The molecule has 0 aliphatic rings. The van der Waals surface area contributed by atoms with Crippen molar-refractivity contribution in [2.75, 3.05) is 5.32 Å². The fourth-order valence-corrected chi connectivity index (χ4v) is 2.41. The van der Waals surface area contributed by atoms with Crippen molar-refractivity contribution in [3.63, 3.8) is 0 Å². The second kappa shape index (κ2) is 5.02. The van der Waals surface area contributed by atoms with Crippen LogP contribution in [0.4, 0.5) is 24.0 Å². The van der Waals surface area contributed by atoms with Crippen LogP contribution in [-0.4, -0.2) is 10.2 Å². The second-order valence-electron chi connectivity index (χ2n) is 3.18. The van der Waals surface area contributed by atoms with Gasteiger partial charge in [-0.25, -0.2) is 0 Å². The Balaban J connectivity index is 2.25. The van der Waals surface area contributed by atoms with Crippen molar-refractivity contribution in [2.45, 2.75) is 6.18 Å². The third kappa shape index (κ3) is 3.12. The Morgan fingerprint density at radius 3 is 2.50 bits per heavy atom. The molecule has 9 heteroatoms. The van der Waals surface area contributed by atoms with Crippen LogP contribution in [0.2, 0.25) is 5.02 Å². The van der Waals surface area contributed by atoms with E-state index in [2.05, 4.69) is 31.4 Å². The molecule has 3 nitrogen and oxygen atoms in total. The van der Waals surface area contributed by atoms with Crippen LogP contribution in [0, 0.1) is 0 Å². The molecule has 0 saturated carbocycles. The number of hydrogen-bond acceptors (Lipinski definition) is 4. The molecule has 0 amide bonds. The first-order chi connectivity index (χ1) is 8.36. The number of halogens is 5. The quantitative estimate of drug-likeness (QED) is 0.844. The molecule has 2 rings (SSSR count). The van der Waals surface area contributed by atoms with Gasteiger partial charge < -0.3 is 5.32 Å². The number of nitrogens with one attached hydrogen (secondary N) is 1. The Bertz CT molecular complexity index is 572. The zero-order valence-corrected chi connectivity index (χ0v) is 11.6. The van der Waals surface area contributed by atoms with Gasteiger partial charge in [-0.05, 0) is 34.1 Å². The summed E-state index contributed by atoms with van der Waals surface area (Å²) in [5.41, 5.74) is -0.454. The van der Waals surface area contributed by atoms with E-state index in [4.69, 9.17) is 11.6 Å². The van der Waals surface area contributed by atoms with E-state index in [1.54, 1.807) is 0 Å². The van der Waals surface area contributed by atoms with Gasteiger partial charge in [0.1, 0.15) is 0 Å². The third-order valence-corrected chi connectivity index (χ3v) is 3.52. The Morgan fingerprint density at radius 1 is 1.28 bits per heavy atom. The summed E-state index contributed by atoms with van der Waals surface area (Å²) in [4.78, 5) is 0. The average Bonchev–Trinajstić information content (AvgIpc) is 2.65. The minimum Gasteiger partial charge on any atom is -0.329 e. The molecule has 1 heterocycles. The maximum absolute atomic E-state index is 12.4. The number of alkyl halides is 3. The first-order valence-electron chi connectivity index (χ1n) is 4.49. The number of rotatable bonds is 2. The number of hydrogen-bond donors (Lipinski definition) is 1. The molecule has 1 aromatic heterocycles. The Kier molecular flexibility index (Phi) is 3.79. The molecule has 1 N–H and O–H groups in total. The van der Waals surface area contributed by atoms with Gasteiger partial charge in [-0.1, -0.05) is 22.9 Å². The lowest BCUT2D eigenvalue weighted by Crippen LogP contribution is -2.05. The van der Waals surface area contributed by atoms with Gasteiger partial charge in [0.05, 0.1) is 16.3 Å². The summed E-state index contributed by atoms with van der Waals surface area (Å²) in [7, 11) is 0. The molecule has 18 heavy (non-hydrogen) atoms. The van der Waals surface area contributed by atoms with Crippen LogP contribution in [-0.2, 0) is 6.18 Å². The summed E-state index contributed by atoms with van der Waals surface area (Å²) >= 11 is 10.1. The molecule has 0 atom stereocenters. The molecule has 0 radical (unpaired) electrons. The lowest BCUT2D eigenvalue weighted by atomic mass is 10.2. The van der Waals surface area contributed by atoms with Crippen LogP contribution in [0.5, 0.6) is 0 Å². The van der Waals surface area contributed by atoms with E-state index in [0.29, 0.717) is 14.7 Å². The van der Waals surface area contributed by atoms with Crippen LogP contribution < -0.4 is 5.32 Å². The van der Waals surface area contributed by atoms with Crippen molar-refractivity contribution in [2.24, 2.45) is 0 Å². The van der Waals surface area contributed by atoms with Crippen molar-refractivity contribution in [3.05, 3.63) is 32.7 Å². The number of aromatic nitrogens is 2. The topological polar surface area (TPSA) is 37.8 Å². The molecule has 0 unspecified atom stereocenters. The summed E-state index contributed by atoms with van der Waals surface area (Å²) < 4.78 is 37.8. The highest BCUT2D eigenvalue weighted by Crippen LogP contribution is 2.35. The molecule has 96 valence electrons. The average molecular weight is 359 g/mol. The highest BCUT2D eigenvalue weighted by Gasteiger charge is 2.30. The monoisotopic (exact) mass is 357 g/mol. The van der Waals surface area contributed by atoms with Crippen LogP contribution in [0.3, 0.4) is 0 Å². The van der Waals surface area contributed by atoms with Crippen LogP contribution in [0.1, 0.15) is 5.56 Å². The van der Waals surface area contributed by atoms with Crippen molar-refractivity contribution >= 4 is 49.7 Å². The van der Waals surface area contributed by atoms with E-state index in [1.165, 1.54) is 17.4 Å². The minimum absolute atomic E-state index is 0.0313. The zero-order valence-electron chi connectivity index (χ0n) is 8.42. The SMILES string of the molecule is FC(F)(F)c1ccc(Nc2nnc(Br)s2)c(Cl)c1. The largest absolute Gasteiger partial charge is 0.416 e. The highest BCUT2D eigenvalue weighted by atomic mass is 79.9. The first-order valence-corrected chi connectivity index (χ1v) is 6.48. The van der Waals surface area contributed by atoms with Crippen LogP contribution in [0.25, 0.3) is 0 Å². The van der Waals surface area contributed by atoms with Gasteiger partial charge in [-0.15, -0.1) is 10.2 Å². The molecule has 0 aliphatic heterocycles. The Labute approximate surface area is 117 Å². The maximum atomic E-state index is 12.4. The lowest BCUT2D eigenvalue weighted by Gasteiger charge is -2.09. The molecule has 0 fully saturated rings. The van der Waals surface area contributed by atoms with Gasteiger partial charge in [-0.2, -0.15) is 13.2 Å². The van der Waals surface area contributed by atoms with E-state index in [-0.39, 0.29) is 5.02 Å². The molecule has 0 bridgehead atoms. The number of benzene rings is 1. The van der Waals surface area contributed by atoms with Gasteiger partial charge in [0.15, 0.2) is 3.92 Å². The van der Waals surface area contributed by atoms with Gasteiger partial charge in [-0.3, -0.25) is 0 Å². The molecule has 0 spiro atoms. The molecule has 0 aliphatic carbocycles. The zero-order chi connectivity index (χ0) is 13.3. The van der Waals surface area contributed by atoms with Gasteiger partial charge in [0.25, 0.3) is 0 Å². The highest BCUT2D eigenvalue weighted by molar-refractivity contribution is 9.11. The predicted octanol–water partition coefficient (Wildman–Crippen LogP) is 4.72. The van der Waals surface area contributed by atoms with Gasteiger partial charge in [0.2, 0.25) is 5.13 Å². The summed E-state index contributed by atoms with van der Waals surface area (Å²) in [6.45, 7) is 0.